The van der Waals surface area contributed by atoms with E-state index in [1.165, 1.54) is 11.8 Å². The lowest BCUT2D eigenvalue weighted by molar-refractivity contribution is -0.141. The molecule has 2 saturated heterocycles. The summed E-state index contributed by atoms with van der Waals surface area (Å²) < 4.78 is 43.3. The Kier molecular flexibility index (Phi) is 6.19. The quantitative estimate of drug-likeness (QED) is 0.483. The number of nitrogens with one attached hydrogen (secondary N) is 1. The molecule has 2 aromatic heterocycles. The number of pyridine rings is 1. The highest BCUT2D eigenvalue weighted by Gasteiger charge is 2.51. The molecule has 7 nitrogen and oxygen atoms in total. The number of allylic oxidation sites excluding steroid dienone is 1. The maximum Gasteiger partial charge on any atom is 0.433 e. The van der Waals surface area contributed by atoms with Gasteiger partial charge in [0.25, 0.3) is 0 Å². The smallest absolute Gasteiger partial charge is 0.433 e. The molecule has 10 heteroatoms. The Balaban J connectivity index is 1.06. The second-order valence-electron chi connectivity index (χ2n) is 9.56. The van der Waals surface area contributed by atoms with Crippen LogP contribution in [0.1, 0.15) is 23.7 Å². The Morgan fingerprint density at radius 2 is 1.72 bits per heavy atom. The van der Waals surface area contributed by atoms with Gasteiger partial charge in [0.05, 0.1) is 0 Å². The number of hydrogen-bond acceptors (Lipinski definition) is 7. The molecule has 0 atom stereocenters. The lowest BCUT2D eigenvalue weighted by Gasteiger charge is -2.61. The fourth-order valence-electron chi connectivity index (χ4n) is 4.52. The van der Waals surface area contributed by atoms with Crippen molar-refractivity contribution in [2.75, 3.05) is 36.4 Å². The molecule has 188 valence electrons. The summed E-state index contributed by atoms with van der Waals surface area (Å²) in [6.45, 7) is 11.1. The van der Waals surface area contributed by atoms with Crippen molar-refractivity contribution in [3.05, 3.63) is 83.8 Å². The Labute approximate surface area is 207 Å². The minimum Gasteiger partial charge on any atom is -0.472 e. The van der Waals surface area contributed by atoms with Crippen molar-refractivity contribution in [3.63, 3.8) is 0 Å². The van der Waals surface area contributed by atoms with E-state index >= 15 is 0 Å². The first-order valence-electron chi connectivity index (χ1n) is 11.7. The summed E-state index contributed by atoms with van der Waals surface area (Å²) in [6, 6.07) is 14.2. The Morgan fingerprint density at radius 1 is 1.00 bits per heavy atom. The second-order valence-corrected chi connectivity index (χ2v) is 9.56. The van der Waals surface area contributed by atoms with Gasteiger partial charge in [-0.1, -0.05) is 24.8 Å². The van der Waals surface area contributed by atoms with Crippen LogP contribution in [0.3, 0.4) is 0 Å². The van der Waals surface area contributed by atoms with Gasteiger partial charge in [0.2, 0.25) is 5.88 Å². The number of anilines is 2. The molecule has 0 aliphatic carbocycles. The molecule has 36 heavy (non-hydrogen) atoms. The predicted molar refractivity (Wildman–Crippen MR) is 130 cm³/mol. The Bertz CT molecular complexity index is 1200. The molecular weight excluding hydrogens is 469 g/mol. The zero-order chi connectivity index (χ0) is 25.3. The van der Waals surface area contributed by atoms with Gasteiger partial charge in [-0.15, -0.1) is 10.2 Å². The molecule has 0 radical (unpaired) electrons. The van der Waals surface area contributed by atoms with Crippen molar-refractivity contribution in [1.82, 2.24) is 20.1 Å². The SMILES string of the molecule is C=C(C)N1CC2(C1)CN(c1ccc(CNc3ccc(OCc4ccc(C(F)(F)F)nc4)nn3)cc1)C2. The Morgan fingerprint density at radius 3 is 2.31 bits per heavy atom. The van der Waals surface area contributed by atoms with Crippen LogP contribution in [0.5, 0.6) is 5.88 Å². The highest BCUT2D eigenvalue weighted by molar-refractivity contribution is 5.52. The van der Waals surface area contributed by atoms with Gasteiger partial charge in [-0.05, 0) is 36.8 Å². The third kappa shape index (κ3) is 5.22. The van der Waals surface area contributed by atoms with Gasteiger partial charge in [-0.25, -0.2) is 0 Å². The second kappa shape index (κ2) is 9.33. The van der Waals surface area contributed by atoms with Crippen molar-refractivity contribution in [3.8, 4) is 5.88 Å². The van der Waals surface area contributed by atoms with E-state index in [2.05, 4.69) is 68.1 Å². The molecule has 0 amide bonds. The predicted octanol–water partition coefficient (Wildman–Crippen LogP) is 4.74. The highest BCUT2D eigenvalue weighted by atomic mass is 19.4. The zero-order valence-corrected chi connectivity index (χ0v) is 19.9. The van der Waals surface area contributed by atoms with E-state index in [-0.39, 0.29) is 12.5 Å². The van der Waals surface area contributed by atoms with Gasteiger partial charge in [0.1, 0.15) is 18.1 Å². The number of halogens is 3. The zero-order valence-electron chi connectivity index (χ0n) is 19.9. The van der Waals surface area contributed by atoms with E-state index in [1.54, 1.807) is 12.1 Å². The van der Waals surface area contributed by atoms with Crippen molar-refractivity contribution < 1.29 is 17.9 Å². The van der Waals surface area contributed by atoms with Gasteiger partial charge in [-0.2, -0.15) is 13.2 Å². The first kappa shape index (κ1) is 23.9. The van der Waals surface area contributed by atoms with Crippen LogP contribution in [0.2, 0.25) is 0 Å². The molecule has 2 aliphatic heterocycles. The summed E-state index contributed by atoms with van der Waals surface area (Å²) in [6.07, 6.45) is -3.32. The van der Waals surface area contributed by atoms with Crippen LogP contribution in [0.15, 0.2) is 67.0 Å². The number of ether oxygens (including phenoxy) is 1. The number of aromatic nitrogens is 3. The van der Waals surface area contributed by atoms with Gasteiger partial charge < -0.3 is 19.9 Å². The number of hydrogen-bond donors (Lipinski definition) is 1. The highest BCUT2D eigenvalue weighted by Crippen LogP contribution is 2.43. The fraction of sp³-hybridized carbons (Fsp3) is 0.346. The van der Waals surface area contributed by atoms with Gasteiger partial charge in [-0.3, -0.25) is 4.98 Å². The van der Waals surface area contributed by atoms with Gasteiger partial charge in [0.15, 0.2) is 0 Å². The number of rotatable bonds is 8. The number of benzene rings is 1. The molecule has 0 unspecified atom stereocenters. The molecule has 2 aliphatic rings. The molecular formula is C26H27F3N6O. The van der Waals surface area contributed by atoms with Crippen molar-refractivity contribution in [1.29, 1.82) is 0 Å². The van der Waals surface area contributed by atoms with Crippen molar-refractivity contribution >= 4 is 11.5 Å². The monoisotopic (exact) mass is 496 g/mol. The average Bonchev–Trinajstić information content (AvgIpc) is 2.80. The lowest BCUT2D eigenvalue weighted by Crippen LogP contribution is -2.71. The number of likely N-dealkylation sites (tertiary alicyclic amines) is 1. The topological polar surface area (TPSA) is 66.4 Å². The minimum absolute atomic E-state index is 0.0449. The van der Waals surface area contributed by atoms with Crippen LogP contribution in [0.4, 0.5) is 24.7 Å². The summed E-state index contributed by atoms with van der Waals surface area (Å²) in [4.78, 5) is 8.17. The van der Waals surface area contributed by atoms with Crippen LogP contribution in [0, 0.1) is 5.41 Å². The van der Waals surface area contributed by atoms with Crippen LogP contribution in [0.25, 0.3) is 0 Å². The Hall–Kier alpha value is -3.82. The van der Waals surface area contributed by atoms with E-state index in [0.717, 1.165) is 49.7 Å². The lowest BCUT2D eigenvalue weighted by atomic mass is 9.72. The third-order valence-electron chi connectivity index (χ3n) is 6.56. The van der Waals surface area contributed by atoms with Crippen LogP contribution in [-0.4, -0.2) is 46.3 Å². The first-order chi connectivity index (χ1) is 17.2. The largest absolute Gasteiger partial charge is 0.472 e. The normalized spacial score (nSPS) is 16.3. The van der Waals surface area contributed by atoms with E-state index in [0.29, 0.717) is 23.3 Å². The molecule has 4 heterocycles. The number of alkyl halides is 3. The summed E-state index contributed by atoms with van der Waals surface area (Å²) >= 11 is 0. The average molecular weight is 497 g/mol. The first-order valence-corrected chi connectivity index (χ1v) is 11.7. The maximum absolute atomic E-state index is 12.6. The molecule has 2 fully saturated rings. The molecule has 1 spiro atoms. The van der Waals surface area contributed by atoms with E-state index < -0.39 is 11.9 Å². The van der Waals surface area contributed by atoms with E-state index in [1.807, 2.05) is 0 Å². The maximum atomic E-state index is 12.6. The third-order valence-corrected chi connectivity index (χ3v) is 6.56. The molecule has 1 aromatic carbocycles. The van der Waals surface area contributed by atoms with E-state index in [4.69, 9.17) is 4.74 Å². The van der Waals surface area contributed by atoms with Crippen molar-refractivity contribution in [2.45, 2.75) is 26.3 Å². The summed E-state index contributed by atoms with van der Waals surface area (Å²) in [5.41, 5.74) is 3.52. The minimum atomic E-state index is -4.46. The molecule has 3 aromatic rings. The molecule has 0 saturated carbocycles. The summed E-state index contributed by atoms with van der Waals surface area (Å²) in [5, 5.41) is 11.3. The molecule has 1 N–H and O–H groups in total. The van der Waals surface area contributed by atoms with Gasteiger partial charge >= 0.3 is 6.18 Å². The summed E-state index contributed by atoms with van der Waals surface area (Å²) in [5.74, 6) is 0.870. The van der Waals surface area contributed by atoms with Gasteiger partial charge in [0, 0.05) is 67.3 Å². The summed E-state index contributed by atoms with van der Waals surface area (Å²) in [7, 11) is 0. The van der Waals surface area contributed by atoms with Crippen LogP contribution in [-0.2, 0) is 19.3 Å². The van der Waals surface area contributed by atoms with E-state index in [9.17, 15) is 13.2 Å². The van der Waals surface area contributed by atoms with Crippen LogP contribution < -0.4 is 15.0 Å². The number of nitrogens with zero attached hydrogens (tertiary/aromatic N) is 5. The fourth-order valence-corrected chi connectivity index (χ4v) is 4.52. The van der Waals surface area contributed by atoms with Crippen LogP contribution >= 0.6 is 0 Å². The molecule has 5 rings (SSSR count). The standard InChI is InChI=1S/C26H27F3N6O/c1-18(2)34-14-25(15-34)16-35(17-25)21-6-3-19(4-7-21)11-31-23-9-10-24(33-32-23)36-13-20-5-8-22(30-12-20)26(27,28)29/h3-10,12H,1,11,13-17H2,2H3,(H,31,32). The molecule has 0 bridgehead atoms. The van der Waals surface area contributed by atoms with Crippen molar-refractivity contribution in [2.24, 2.45) is 5.41 Å².